The Morgan fingerprint density at radius 2 is 1.66 bits per heavy atom. The molecule has 1 saturated heterocycles. The maximum Gasteiger partial charge on any atom is 0.262 e. The fraction of sp³-hybridized carbons (Fsp3) is 0.308. The zero-order chi connectivity index (χ0) is 24.7. The van der Waals surface area contributed by atoms with Gasteiger partial charge in [-0.3, -0.25) is 9.59 Å². The summed E-state index contributed by atoms with van der Waals surface area (Å²) in [4.78, 5) is 26.6. The van der Waals surface area contributed by atoms with Crippen molar-refractivity contribution >= 4 is 38.9 Å². The zero-order valence-electron chi connectivity index (χ0n) is 19.4. The number of nitrogens with one attached hydrogen (secondary N) is 2. The highest BCUT2D eigenvalue weighted by molar-refractivity contribution is 7.89. The summed E-state index contributed by atoms with van der Waals surface area (Å²) in [6.07, 6.45) is 4.06. The number of hydrogen-bond acceptors (Lipinski definition) is 5. The first-order valence-electron chi connectivity index (χ1n) is 11.7. The number of carbonyl (C=O) groups excluding carboxylic acids is 2. The predicted molar refractivity (Wildman–Crippen MR) is 138 cm³/mol. The van der Waals surface area contributed by atoms with Crippen molar-refractivity contribution in [2.24, 2.45) is 0 Å². The van der Waals surface area contributed by atoms with Crippen LogP contribution < -0.4 is 10.6 Å². The number of carbonyl (C=O) groups is 2. The first-order valence-corrected chi connectivity index (χ1v) is 14.0. The van der Waals surface area contributed by atoms with Crippen molar-refractivity contribution < 1.29 is 18.0 Å². The van der Waals surface area contributed by atoms with Crippen LogP contribution in [0.3, 0.4) is 0 Å². The zero-order valence-corrected chi connectivity index (χ0v) is 21.0. The van der Waals surface area contributed by atoms with Gasteiger partial charge in [0.25, 0.3) is 5.91 Å². The van der Waals surface area contributed by atoms with Gasteiger partial charge < -0.3 is 10.6 Å². The highest BCUT2D eigenvalue weighted by atomic mass is 32.2. The number of anilines is 1. The summed E-state index contributed by atoms with van der Waals surface area (Å²) in [5.41, 5.74) is 1.27. The molecular formula is C26H29N3O4S2. The molecule has 0 radical (unpaired) electrons. The van der Waals surface area contributed by atoms with Gasteiger partial charge in [0, 0.05) is 25.2 Å². The van der Waals surface area contributed by atoms with Gasteiger partial charge in [-0.05, 0) is 48.1 Å². The van der Waals surface area contributed by atoms with E-state index in [0.717, 1.165) is 31.2 Å². The van der Waals surface area contributed by atoms with Gasteiger partial charge in [-0.25, -0.2) is 8.42 Å². The minimum Gasteiger partial charge on any atom is -0.339 e. The molecule has 0 spiro atoms. The highest BCUT2D eigenvalue weighted by Crippen LogP contribution is 2.23. The quantitative estimate of drug-likeness (QED) is 0.472. The summed E-state index contributed by atoms with van der Waals surface area (Å²) in [5, 5.41) is 7.43. The molecular weight excluding hydrogens is 482 g/mol. The van der Waals surface area contributed by atoms with Crippen LogP contribution in [0.15, 0.2) is 77.0 Å². The van der Waals surface area contributed by atoms with Gasteiger partial charge in [-0.2, -0.15) is 4.31 Å². The van der Waals surface area contributed by atoms with Gasteiger partial charge in [-0.1, -0.05) is 55.3 Å². The number of hydrogen-bond donors (Lipinski definition) is 2. The minimum atomic E-state index is -3.65. The van der Waals surface area contributed by atoms with E-state index in [-0.39, 0.29) is 10.8 Å². The summed E-state index contributed by atoms with van der Waals surface area (Å²) < 4.78 is 27.9. The molecule has 7 nitrogen and oxygen atoms in total. The third kappa shape index (κ3) is 6.56. The number of amides is 2. The van der Waals surface area contributed by atoms with E-state index < -0.39 is 22.0 Å². The summed E-state index contributed by atoms with van der Waals surface area (Å²) in [5.74, 6) is -0.739. The van der Waals surface area contributed by atoms with E-state index in [1.807, 2.05) is 30.3 Å². The van der Waals surface area contributed by atoms with Gasteiger partial charge in [0.05, 0.1) is 9.77 Å². The fourth-order valence-electron chi connectivity index (χ4n) is 4.09. The summed E-state index contributed by atoms with van der Waals surface area (Å²) >= 11 is 1.30. The molecule has 4 rings (SSSR count). The van der Waals surface area contributed by atoms with Crippen LogP contribution in [-0.2, 0) is 21.2 Å². The van der Waals surface area contributed by atoms with E-state index in [1.54, 1.807) is 35.7 Å². The number of benzene rings is 2. The first kappa shape index (κ1) is 25.1. The van der Waals surface area contributed by atoms with Gasteiger partial charge >= 0.3 is 0 Å². The van der Waals surface area contributed by atoms with Crippen LogP contribution in [0.2, 0.25) is 0 Å². The van der Waals surface area contributed by atoms with E-state index in [9.17, 15) is 18.0 Å². The maximum atomic E-state index is 13.2. The third-order valence-electron chi connectivity index (χ3n) is 5.95. The van der Waals surface area contributed by atoms with Gasteiger partial charge in [0.15, 0.2) is 0 Å². The van der Waals surface area contributed by atoms with Gasteiger partial charge in [0.1, 0.15) is 6.04 Å². The summed E-state index contributed by atoms with van der Waals surface area (Å²) in [6.45, 7) is 1.01. The molecule has 1 aliphatic rings. The second-order valence-corrected chi connectivity index (χ2v) is 11.4. The first-order chi connectivity index (χ1) is 16.9. The SMILES string of the molecule is O=C(N[C@@H](Cc1ccccc1)C(=O)Nc1cccc(S(=O)(=O)N2CCCCCC2)c1)c1cccs1. The van der Waals surface area contributed by atoms with E-state index in [1.165, 1.54) is 21.7 Å². The molecule has 1 aliphatic heterocycles. The van der Waals surface area contributed by atoms with Crippen LogP contribution in [0.1, 0.15) is 40.9 Å². The average Bonchev–Trinajstić information content (AvgIpc) is 3.26. The molecule has 0 bridgehead atoms. The summed E-state index contributed by atoms with van der Waals surface area (Å²) in [6, 6.07) is 18.4. The molecule has 1 fully saturated rings. The molecule has 184 valence electrons. The monoisotopic (exact) mass is 511 g/mol. The standard InChI is InChI=1S/C26H29N3O4S2/c30-25(23(18-20-10-4-3-5-11-20)28-26(31)24-14-9-17-34-24)27-21-12-8-13-22(19-21)35(32,33)29-15-6-1-2-7-16-29/h3-5,8-14,17,19,23H,1-2,6-7,15-16,18H2,(H,27,30)(H,28,31)/t23-/m0/s1. The van der Waals surface area contributed by atoms with E-state index in [0.29, 0.717) is 30.1 Å². The van der Waals surface area contributed by atoms with Crippen molar-refractivity contribution in [3.05, 3.63) is 82.6 Å². The van der Waals surface area contributed by atoms with Crippen LogP contribution >= 0.6 is 11.3 Å². The lowest BCUT2D eigenvalue weighted by atomic mass is 10.0. The Balaban J connectivity index is 1.52. The molecule has 0 unspecified atom stereocenters. The normalized spacial score (nSPS) is 15.7. The molecule has 0 aliphatic carbocycles. The van der Waals surface area contributed by atoms with Gasteiger partial charge in [0.2, 0.25) is 15.9 Å². The number of nitrogens with zero attached hydrogens (tertiary/aromatic N) is 1. The minimum absolute atomic E-state index is 0.152. The lowest BCUT2D eigenvalue weighted by Crippen LogP contribution is -2.45. The van der Waals surface area contributed by atoms with Gasteiger partial charge in [-0.15, -0.1) is 11.3 Å². The van der Waals surface area contributed by atoms with E-state index in [2.05, 4.69) is 10.6 Å². The molecule has 35 heavy (non-hydrogen) atoms. The van der Waals surface area contributed by atoms with Crippen molar-refractivity contribution in [2.75, 3.05) is 18.4 Å². The molecule has 1 aromatic heterocycles. The average molecular weight is 512 g/mol. The highest BCUT2D eigenvalue weighted by Gasteiger charge is 2.26. The maximum absolute atomic E-state index is 13.2. The van der Waals surface area contributed by atoms with Crippen molar-refractivity contribution in [3.63, 3.8) is 0 Å². The molecule has 1 atom stereocenters. The summed E-state index contributed by atoms with van der Waals surface area (Å²) in [7, 11) is -3.65. The number of rotatable bonds is 8. The van der Waals surface area contributed by atoms with Crippen molar-refractivity contribution in [1.82, 2.24) is 9.62 Å². The third-order valence-corrected chi connectivity index (χ3v) is 8.72. The van der Waals surface area contributed by atoms with Crippen LogP contribution in [0.25, 0.3) is 0 Å². The number of sulfonamides is 1. The second kappa shape index (κ2) is 11.6. The van der Waals surface area contributed by atoms with Crippen LogP contribution in [0, 0.1) is 0 Å². The van der Waals surface area contributed by atoms with Crippen molar-refractivity contribution in [2.45, 2.75) is 43.0 Å². The topological polar surface area (TPSA) is 95.6 Å². The Labute approximate surface area is 210 Å². The Morgan fingerprint density at radius 3 is 2.34 bits per heavy atom. The molecule has 2 heterocycles. The second-order valence-electron chi connectivity index (χ2n) is 8.53. The molecule has 0 saturated carbocycles. The molecule has 3 aromatic rings. The largest absolute Gasteiger partial charge is 0.339 e. The Hall–Kier alpha value is -3.01. The Morgan fingerprint density at radius 1 is 0.914 bits per heavy atom. The van der Waals surface area contributed by atoms with Crippen molar-refractivity contribution in [3.8, 4) is 0 Å². The molecule has 2 amide bonds. The molecule has 2 N–H and O–H groups in total. The lowest BCUT2D eigenvalue weighted by molar-refractivity contribution is -0.118. The fourth-order valence-corrected chi connectivity index (χ4v) is 6.28. The number of thiophene rings is 1. The predicted octanol–water partition coefficient (Wildman–Crippen LogP) is 4.29. The Kier molecular flexibility index (Phi) is 8.33. The smallest absolute Gasteiger partial charge is 0.262 e. The van der Waals surface area contributed by atoms with E-state index >= 15 is 0 Å². The van der Waals surface area contributed by atoms with Crippen LogP contribution in [0.5, 0.6) is 0 Å². The Bertz CT molecular complexity index is 1240. The lowest BCUT2D eigenvalue weighted by Gasteiger charge is -2.21. The molecule has 9 heteroatoms. The van der Waals surface area contributed by atoms with Crippen LogP contribution in [0.4, 0.5) is 5.69 Å². The van der Waals surface area contributed by atoms with Crippen LogP contribution in [-0.4, -0.2) is 43.7 Å². The molecule has 2 aromatic carbocycles. The van der Waals surface area contributed by atoms with E-state index in [4.69, 9.17) is 0 Å². The van der Waals surface area contributed by atoms with Crippen molar-refractivity contribution in [1.29, 1.82) is 0 Å².